The first-order valence-electron chi connectivity index (χ1n) is 12.6. The lowest BCUT2D eigenvalue weighted by Crippen LogP contribution is -2.50. The quantitative estimate of drug-likeness (QED) is 0.493. The van der Waals surface area contributed by atoms with Crippen molar-refractivity contribution >= 4 is 12.0 Å². The van der Waals surface area contributed by atoms with Crippen LogP contribution in [-0.2, 0) is 28.9 Å². The molecule has 2 aliphatic heterocycles. The average molecular weight is 501 g/mol. The molecule has 7 nitrogen and oxygen atoms in total. The predicted octanol–water partition coefficient (Wildman–Crippen LogP) is 4.65. The molecule has 2 N–H and O–H groups in total. The van der Waals surface area contributed by atoms with Gasteiger partial charge >= 0.3 is 12.0 Å². The Morgan fingerprint density at radius 2 is 1.46 bits per heavy atom. The van der Waals surface area contributed by atoms with Gasteiger partial charge in [-0.05, 0) is 55.5 Å². The Labute approximate surface area is 217 Å². The third-order valence-corrected chi connectivity index (χ3v) is 7.02. The van der Waals surface area contributed by atoms with Gasteiger partial charge in [0.15, 0.2) is 5.79 Å². The summed E-state index contributed by atoms with van der Waals surface area (Å²) in [6.07, 6.45) is 0.438. The number of rotatable bonds is 7. The van der Waals surface area contributed by atoms with E-state index in [0.29, 0.717) is 12.8 Å². The molecule has 0 bridgehead atoms. The number of nitrogens with zero attached hydrogens (tertiary/aromatic N) is 1. The number of urea groups is 1. The van der Waals surface area contributed by atoms with Gasteiger partial charge in [-0.25, -0.2) is 9.59 Å². The van der Waals surface area contributed by atoms with Crippen molar-refractivity contribution in [2.75, 3.05) is 0 Å². The lowest BCUT2D eigenvalue weighted by atomic mass is 9.91. The molecular weight excluding hydrogens is 468 g/mol. The number of amides is 2. The van der Waals surface area contributed by atoms with Gasteiger partial charge in [-0.3, -0.25) is 0 Å². The molecular formula is C30H32N2O5. The van der Waals surface area contributed by atoms with Crippen LogP contribution in [0.3, 0.4) is 0 Å². The number of carboxylic acids is 1. The summed E-state index contributed by atoms with van der Waals surface area (Å²) in [6, 6.07) is 25.9. The predicted molar refractivity (Wildman–Crippen MR) is 139 cm³/mol. The minimum atomic E-state index is -1.000. The molecule has 0 unspecified atom stereocenters. The molecule has 2 aliphatic rings. The van der Waals surface area contributed by atoms with E-state index >= 15 is 0 Å². The van der Waals surface area contributed by atoms with Crippen molar-refractivity contribution in [3.05, 3.63) is 107 Å². The molecule has 0 saturated carbocycles. The van der Waals surface area contributed by atoms with E-state index in [4.69, 9.17) is 9.47 Å². The van der Waals surface area contributed by atoms with Gasteiger partial charge in [0.2, 0.25) is 0 Å². The van der Waals surface area contributed by atoms with Gasteiger partial charge in [0.05, 0.1) is 17.6 Å². The number of aromatic carboxylic acids is 1. The Kier molecular flexibility index (Phi) is 7.00. The summed E-state index contributed by atoms with van der Waals surface area (Å²) in [5.41, 5.74) is 3.11. The normalized spacial score (nSPS) is 24.7. The van der Waals surface area contributed by atoms with Gasteiger partial charge in [-0.2, -0.15) is 0 Å². The van der Waals surface area contributed by atoms with Gasteiger partial charge < -0.3 is 24.8 Å². The Hall–Kier alpha value is -3.68. The van der Waals surface area contributed by atoms with Crippen LogP contribution in [0.1, 0.15) is 40.9 Å². The number of carbonyl (C=O) groups is 2. The summed E-state index contributed by atoms with van der Waals surface area (Å²) in [5, 5.41) is 12.7. The third-order valence-electron chi connectivity index (χ3n) is 7.02. The minimum absolute atomic E-state index is 0.189. The zero-order chi connectivity index (χ0) is 26.0. The van der Waals surface area contributed by atoms with Crippen molar-refractivity contribution in [3.63, 3.8) is 0 Å². The molecule has 0 aliphatic carbocycles. The Balaban J connectivity index is 1.53. The zero-order valence-corrected chi connectivity index (χ0v) is 21.0. The second-order valence-corrected chi connectivity index (χ2v) is 10.2. The summed E-state index contributed by atoms with van der Waals surface area (Å²) in [5.74, 6) is -1.81. The summed E-state index contributed by atoms with van der Waals surface area (Å²) in [6.45, 7) is 4.06. The van der Waals surface area contributed by atoms with Crippen LogP contribution < -0.4 is 5.32 Å². The Morgan fingerprint density at radius 1 is 0.865 bits per heavy atom. The Morgan fingerprint density at radius 3 is 2.11 bits per heavy atom. The minimum Gasteiger partial charge on any atom is -0.478 e. The number of carboxylic acid groups (broad SMARTS) is 1. The van der Waals surface area contributed by atoms with E-state index in [1.807, 2.05) is 80.6 Å². The fraction of sp³-hybridized carbons (Fsp3) is 0.333. The number of carbonyl (C=O) groups excluding carboxylic acids is 1. The van der Waals surface area contributed by atoms with Gasteiger partial charge in [-0.15, -0.1) is 0 Å². The summed E-state index contributed by atoms with van der Waals surface area (Å²) in [4.78, 5) is 27.2. The van der Waals surface area contributed by atoms with Gasteiger partial charge in [0.25, 0.3) is 0 Å². The standard InChI is InChI=1S/C30H32N2O5/c1-30(2)36-26-24(17-20-10-5-3-6-11-20)31-29(35)32(19-22-14-9-15-23(16-22)28(33)34)25(27(26)37-30)18-21-12-7-4-8-13-21/h3-16,24-27H,17-19H2,1-2H3,(H,31,35)(H,33,34)/t24-,25-,26+,27+/m1/s1. The third kappa shape index (κ3) is 5.68. The second-order valence-electron chi connectivity index (χ2n) is 10.2. The first kappa shape index (κ1) is 25.0. The highest BCUT2D eigenvalue weighted by atomic mass is 16.8. The van der Waals surface area contributed by atoms with Crippen LogP contribution in [0.5, 0.6) is 0 Å². The second kappa shape index (κ2) is 10.4. The average Bonchev–Trinajstić information content (AvgIpc) is 3.18. The molecule has 2 saturated heterocycles. The maximum atomic E-state index is 13.8. The van der Waals surface area contributed by atoms with Crippen molar-refractivity contribution < 1.29 is 24.2 Å². The molecule has 0 aromatic heterocycles. The van der Waals surface area contributed by atoms with E-state index in [9.17, 15) is 14.7 Å². The number of benzene rings is 3. The number of ether oxygens (including phenoxy) is 2. The zero-order valence-electron chi connectivity index (χ0n) is 21.0. The number of fused-ring (bicyclic) bond motifs is 1. The molecule has 2 fully saturated rings. The van der Waals surface area contributed by atoms with E-state index in [2.05, 4.69) is 5.32 Å². The molecule has 0 spiro atoms. The summed E-state index contributed by atoms with van der Waals surface area (Å²) in [7, 11) is 0. The van der Waals surface area contributed by atoms with Crippen molar-refractivity contribution in [1.82, 2.24) is 10.2 Å². The van der Waals surface area contributed by atoms with Crippen LogP contribution in [0, 0.1) is 0 Å². The summed E-state index contributed by atoms with van der Waals surface area (Å²) < 4.78 is 13.0. The van der Waals surface area contributed by atoms with Crippen molar-refractivity contribution in [3.8, 4) is 0 Å². The van der Waals surface area contributed by atoms with Gasteiger partial charge in [-0.1, -0.05) is 72.8 Å². The number of hydrogen-bond acceptors (Lipinski definition) is 4. The molecule has 3 aromatic rings. The lowest BCUT2D eigenvalue weighted by Gasteiger charge is -2.34. The smallest absolute Gasteiger partial charge is 0.335 e. The van der Waals surface area contributed by atoms with Crippen LogP contribution >= 0.6 is 0 Å². The highest BCUT2D eigenvalue weighted by Crippen LogP contribution is 2.37. The topological polar surface area (TPSA) is 88.1 Å². The van der Waals surface area contributed by atoms with Crippen LogP contribution in [0.2, 0.25) is 0 Å². The van der Waals surface area contributed by atoms with Crippen LogP contribution in [0.15, 0.2) is 84.9 Å². The molecule has 2 heterocycles. The van der Waals surface area contributed by atoms with E-state index in [0.717, 1.165) is 16.7 Å². The van der Waals surface area contributed by atoms with Crippen LogP contribution in [-0.4, -0.2) is 52.1 Å². The van der Waals surface area contributed by atoms with E-state index in [1.54, 1.807) is 23.1 Å². The first-order chi connectivity index (χ1) is 17.8. The van der Waals surface area contributed by atoms with Crippen LogP contribution in [0.4, 0.5) is 4.79 Å². The van der Waals surface area contributed by atoms with Gasteiger partial charge in [0, 0.05) is 6.54 Å². The highest BCUT2D eigenvalue weighted by Gasteiger charge is 2.53. The molecule has 7 heteroatoms. The maximum absolute atomic E-state index is 13.8. The van der Waals surface area contributed by atoms with Crippen molar-refractivity contribution in [2.45, 2.75) is 63.3 Å². The van der Waals surface area contributed by atoms with E-state index in [-0.39, 0.29) is 42.4 Å². The maximum Gasteiger partial charge on any atom is 0.335 e. The highest BCUT2D eigenvalue weighted by molar-refractivity contribution is 5.87. The number of hydrogen-bond donors (Lipinski definition) is 2. The molecule has 4 atom stereocenters. The van der Waals surface area contributed by atoms with E-state index < -0.39 is 11.8 Å². The Bertz CT molecular complexity index is 1250. The molecule has 5 rings (SSSR count). The van der Waals surface area contributed by atoms with Crippen LogP contribution in [0.25, 0.3) is 0 Å². The SMILES string of the molecule is CC1(C)O[C@@H]2[C@@H](O1)[C@@H](Cc1ccccc1)NC(=O)N(Cc1cccc(C(=O)O)c1)[C@@H]2Cc1ccccc1. The fourth-order valence-electron chi connectivity index (χ4n) is 5.38. The largest absolute Gasteiger partial charge is 0.478 e. The van der Waals surface area contributed by atoms with Gasteiger partial charge in [0.1, 0.15) is 12.2 Å². The number of nitrogens with one attached hydrogen (secondary N) is 1. The first-order valence-corrected chi connectivity index (χ1v) is 12.6. The fourth-order valence-corrected chi connectivity index (χ4v) is 5.38. The van der Waals surface area contributed by atoms with E-state index in [1.165, 1.54) is 0 Å². The molecule has 37 heavy (non-hydrogen) atoms. The van der Waals surface area contributed by atoms with Crippen molar-refractivity contribution in [2.24, 2.45) is 0 Å². The summed E-state index contributed by atoms with van der Waals surface area (Å²) >= 11 is 0. The van der Waals surface area contributed by atoms with Crippen molar-refractivity contribution in [1.29, 1.82) is 0 Å². The lowest BCUT2D eigenvalue weighted by molar-refractivity contribution is -0.154. The molecule has 0 radical (unpaired) electrons. The molecule has 192 valence electrons. The molecule has 2 amide bonds. The molecule has 3 aromatic carbocycles. The monoisotopic (exact) mass is 500 g/mol.